The maximum absolute atomic E-state index is 10.9. The molecule has 0 aliphatic carbocycles. The molecule has 0 amide bonds. The van der Waals surface area contributed by atoms with Crippen LogP contribution in [0.15, 0.2) is 42.6 Å². The summed E-state index contributed by atoms with van der Waals surface area (Å²) in [7, 11) is 0. The van der Waals surface area contributed by atoms with Gasteiger partial charge in [-0.15, -0.1) is 0 Å². The van der Waals surface area contributed by atoms with Gasteiger partial charge in [0.05, 0.1) is 16.0 Å². The molecule has 1 unspecified atom stereocenters. The smallest absolute Gasteiger partial charge is 0.292 e. The van der Waals surface area contributed by atoms with Crippen molar-refractivity contribution in [2.24, 2.45) is 0 Å². The topological polar surface area (TPSA) is 76.3 Å². The van der Waals surface area contributed by atoms with Gasteiger partial charge < -0.3 is 5.11 Å². The molecule has 0 saturated heterocycles. The van der Waals surface area contributed by atoms with E-state index in [1.165, 1.54) is 12.3 Å². The molecule has 0 radical (unpaired) electrons. The Morgan fingerprint density at radius 2 is 2.05 bits per heavy atom. The highest BCUT2D eigenvalue weighted by Gasteiger charge is 2.19. The number of benzene rings is 1. The summed E-state index contributed by atoms with van der Waals surface area (Å²) < 4.78 is 0. The first-order valence-electron chi connectivity index (χ1n) is 5.59. The number of aliphatic hydroxyl groups is 1. The highest BCUT2D eigenvalue weighted by molar-refractivity contribution is 6.30. The van der Waals surface area contributed by atoms with Crippen molar-refractivity contribution >= 4 is 17.3 Å². The number of aromatic nitrogens is 1. The van der Waals surface area contributed by atoms with Crippen molar-refractivity contribution in [2.75, 3.05) is 0 Å². The lowest BCUT2D eigenvalue weighted by Gasteiger charge is -2.10. The van der Waals surface area contributed by atoms with Gasteiger partial charge in [-0.25, -0.2) is 0 Å². The first-order valence-corrected chi connectivity index (χ1v) is 5.97. The van der Waals surface area contributed by atoms with Crippen molar-refractivity contribution in [2.45, 2.75) is 12.5 Å². The van der Waals surface area contributed by atoms with Gasteiger partial charge in [0.15, 0.2) is 0 Å². The molecular formula is C13H11ClN2O3. The summed E-state index contributed by atoms with van der Waals surface area (Å²) >= 11 is 5.69. The van der Waals surface area contributed by atoms with Crippen LogP contribution in [0.4, 0.5) is 5.69 Å². The molecule has 1 aromatic heterocycles. The maximum Gasteiger partial charge on any atom is 0.292 e. The molecule has 0 spiro atoms. The minimum absolute atomic E-state index is 0.0670. The molecule has 19 heavy (non-hydrogen) atoms. The quantitative estimate of drug-likeness (QED) is 0.689. The fourth-order valence-electron chi connectivity index (χ4n) is 1.75. The van der Waals surface area contributed by atoms with E-state index in [0.29, 0.717) is 5.56 Å². The van der Waals surface area contributed by atoms with Crippen molar-refractivity contribution in [1.82, 2.24) is 4.98 Å². The van der Waals surface area contributed by atoms with Crippen LogP contribution < -0.4 is 0 Å². The Morgan fingerprint density at radius 3 is 2.68 bits per heavy atom. The van der Waals surface area contributed by atoms with Crippen LogP contribution in [0.5, 0.6) is 0 Å². The van der Waals surface area contributed by atoms with Crippen LogP contribution in [0.2, 0.25) is 5.02 Å². The normalized spacial score (nSPS) is 12.1. The molecule has 98 valence electrons. The maximum atomic E-state index is 10.9. The standard InChI is InChI=1S/C13H11ClN2O3/c14-10-6-12(16(18)19)11(15-8-10)7-13(17)9-4-2-1-3-5-9/h1-6,8,13,17H,7H2. The lowest BCUT2D eigenvalue weighted by molar-refractivity contribution is -0.386. The van der Waals surface area contributed by atoms with Gasteiger partial charge in [-0.05, 0) is 5.56 Å². The number of nitro groups is 1. The Kier molecular flexibility index (Phi) is 4.09. The molecule has 1 atom stereocenters. The summed E-state index contributed by atoms with van der Waals surface area (Å²) in [5, 5.41) is 21.2. The summed E-state index contributed by atoms with van der Waals surface area (Å²) in [6, 6.07) is 10.2. The first kappa shape index (κ1) is 13.5. The van der Waals surface area contributed by atoms with Crippen LogP contribution in [0.3, 0.4) is 0 Å². The van der Waals surface area contributed by atoms with E-state index >= 15 is 0 Å². The van der Waals surface area contributed by atoms with Gasteiger partial charge >= 0.3 is 0 Å². The number of aliphatic hydroxyl groups excluding tert-OH is 1. The van der Waals surface area contributed by atoms with E-state index in [0.717, 1.165) is 0 Å². The monoisotopic (exact) mass is 278 g/mol. The molecule has 1 aromatic carbocycles. The lowest BCUT2D eigenvalue weighted by Crippen LogP contribution is -2.06. The van der Waals surface area contributed by atoms with E-state index in [1.54, 1.807) is 24.3 Å². The number of rotatable bonds is 4. The zero-order valence-electron chi connectivity index (χ0n) is 9.86. The fraction of sp³-hybridized carbons (Fsp3) is 0.154. The van der Waals surface area contributed by atoms with Gasteiger partial charge in [0.25, 0.3) is 5.69 Å². The number of nitrogens with zero attached hydrogens (tertiary/aromatic N) is 2. The Morgan fingerprint density at radius 1 is 1.37 bits per heavy atom. The number of halogens is 1. The lowest BCUT2D eigenvalue weighted by atomic mass is 10.0. The number of hydrogen-bond donors (Lipinski definition) is 1. The van der Waals surface area contributed by atoms with E-state index in [4.69, 9.17) is 11.6 Å². The molecule has 0 aliphatic heterocycles. The van der Waals surface area contributed by atoms with Crippen molar-refractivity contribution in [3.8, 4) is 0 Å². The van der Waals surface area contributed by atoms with E-state index in [9.17, 15) is 15.2 Å². The summed E-state index contributed by atoms with van der Waals surface area (Å²) in [6.07, 6.45) is 0.563. The molecule has 6 heteroatoms. The van der Waals surface area contributed by atoms with E-state index in [2.05, 4.69) is 4.98 Å². The van der Waals surface area contributed by atoms with Crippen LogP contribution >= 0.6 is 11.6 Å². The minimum Gasteiger partial charge on any atom is -0.388 e. The average molecular weight is 279 g/mol. The number of hydrogen-bond acceptors (Lipinski definition) is 4. The molecule has 1 heterocycles. The molecule has 5 nitrogen and oxygen atoms in total. The highest BCUT2D eigenvalue weighted by Crippen LogP contribution is 2.25. The third-order valence-corrected chi connectivity index (χ3v) is 2.89. The van der Waals surface area contributed by atoms with Crippen LogP contribution in [0.25, 0.3) is 0 Å². The first-order chi connectivity index (χ1) is 9.08. The van der Waals surface area contributed by atoms with Gasteiger partial charge in [0.1, 0.15) is 5.69 Å². The molecule has 0 bridgehead atoms. The van der Waals surface area contributed by atoms with Gasteiger partial charge in [0, 0.05) is 18.7 Å². The molecule has 2 rings (SSSR count). The predicted molar refractivity (Wildman–Crippen MR) is 71.0 cm³/mol. The molecule has 1 N–H and O–H groups in total. The molecule has 2 aromatic rings. The Hall–Kier alpha value is -1.98. The van der Waals surface area contributed by atoms with Gasteiger partial charge in [-0.2, -0.15) is 0 Å². The summed E-state index contributed by atoms with van der Waals surface area (Å²) in [4.78, 5) is 14.3. The summed E-state index contributed by atoms with van der Waals surface area (Å²) in [5.74, 6) is 0. The SMILES string of the molecule is O=[N+]([O-])c1cc(Cl)cnc1CC(O)c1ccccc1. The average Bonchev–Trinajstić information content (AvgIpc) is 2.41. The van der Waals surface area contributed by atoms with Gasteiger partial charge in [-0.1, -0.05) is 41.9 Å². The number of pyridine rings is 1. The van der Waals surface area contributed by atoms with Crippen molar-refractivity contribution in [1.29, 1.82) is 0 Å². The largest absolute Gasteiger partial charge is 0.388 e. The Labute approximate surface area is 114 Å². The van der Waals surface area contributed by atoms with Crippen molar-refractivity contribution < 1.29 is 10.0 Å². The van der Waals surface area contributed by atoms with Crippen molar-refractivity contribution in [3.63, 3.8) is 0 Å². The second-order valence-corrected chi connectivity index (χ2v) is 4.44. The molecule has 0 aliphatic rings. The van der Waals surface area contributed by atoms with Gasteiger partial charge in [0.2, 0.25) is 0 Å². The zero-order valence-corrected chi connectivity index (χ0v) is 10.6. The fourth-order valence-corrected chi connectivity index (χ4v) is 1.90. The summed E-state index contributed by atoms with van der Waals surface area (Å²) in [5.41, 5.74) is 0.724. The predicted octanol–water partition coefficient (Wildman–Crippen LogP) is 2.92. The van der Waals surface area contributed by atoms with Crippen LogP contribution in [-0.2, 0) is 6.42 Å². The third-order valence-electron chi connectivity index (χ3n) is 2.68. The summed E-state index contributed by atoms with van der Waals surface area (Å²) in [6.45, 7) is 0. The van der Waals surface area contributed by atoms with Crippen LogP contribution in [-0.4, -0.2) is 15.0 Å². The van der Waals surface area contributed by atoms with Crippen LogP contribution in [0.1, 0.15) is 17.4 Å². The Balaban J connectivity index is 2.26. The second kappa shape index (κ2) is 5.77. The van der Waals surface area contributed by atoms with E-state index in [-0.39, 0.29) is 22.8 Å². The molecule has 0 saturated carbocycles. The van der Waals surface area contributed by atoms with Crippen LogP contribution in [0, 0.1) is 10.1 Å². The van der Waals surface area contributed by atoms with Gasteiger partial charge in [-0.3, -0.25) is 15.1 Å². The minimum atomic E-state index is -0.839. The zero-order chi connectivity index (χ0) is 13.8. The highest BCUT2D eigenvalue weighted by atomic mass is 35.5. The van der Waals surface area contributed by atoms with Crippen molar-refractivity contribution in [3.05, 3.63) is 69.0 Å². The molecular weight excluding hydrogens is 268 g/mol. The Bertz CT molecular complexity index is 590. The molecule has 0 fully saturated rings. The van der Waals surface area contributed by atoms with E-state index in [1.807, 2.05) is 6.07 Å². The third kappa shape index (κ3) is 3.27. The van der Waals surface area contributed by atoms with E-state index < -0.39 is 11.0 Å². The second-order valence-electron chi connectivity index (χ2n) is 4.01.